The molecule has 0 amide bonds. The highest BCUT2D eigenvalue weighted by Crippen LogP contribution is 2.35. The zero-order valence-electron chi connectivity index (χ0n) is 13.7. The minimum atomic E-state index is -0.456. The molecule has 0 saturated carbocycles. The molecule has 0 radical (unpaired) electrons. The van der Waals surface area contributed by atoms with Gasteiger partial charge in [0.25, 0.3) is 5.56 Å². The third-order valence-electron chi connectivity index (χ3n) is 3.57. The Balaban J connectivity index is 2.16. The highest BCUT2D eigenvalue weighted by Gasteiger charge is 2.21. The summed E-state index contributed by atoms with van der Waals surface area (Å²) >= 11 is 4.24. The molecule has 0 aromatic carbocycles. The number of carbonyl (C=O) groups is 1. The number of thioether (sulfide) groups is 1. The van der Waals surface area contributed by atoms with Crippen molar-refractivity contribution in [2.24, 2.45) is 0 Å². The molecule has 0 saturated heterocycles. The molecule has 0 aliphatic rings. The van der Waals surface area contributed by atoms with Crippen molar-refractivity contribution in [3.8, 4) is 10.4 Å². The fourth-order valence-electron chi connectivity index (χ4n) is 2.37. The van der Waals surface area contributed by atoms with Gasteiger partial charge in [-0.2, -0.15) is 0 Å². The second-order valence-electron chi connectivity index (χ2n) is 5.19. The van der Waals surface area contributed by atoms with Crippen LogP contribution in [0.25, 0.3) is 20.7 Å². The summed E-state index contributed by atoms with van der Waals surface area (Å²) in [4.78, 5) is 31.2. The lowest BCUT2D eigenvalue weighted by molar-refractivity contribution is -0.139. The average molecular weight is 393 g/mol. The van der Waals surface area contributed by atoms with Crippen molar-refractivity contribution >= 4 is 50.6 Å². The van der Waals surface area contributed by atoms with Crippen LogP contribution in [0.2, 0.25) is 0 Å². The number of carbonyl (C=O) groups excluding carboxylic acids is 1. The summed E-state index contributed by atoms with van der Waals surface area (Å²) in [6.07, 6.45) is 1.65. The third kappa shape index (κ3) is 3.42. The van der Waals surface area contributed by atoms with Crippen molar-refractivity contribution in [2.45, 2.75) is 23.9 Å². The number of esters is 1. The standard InChI is InChI=1S/C17H16N2O3S3/c1-4-7-19-15(20)13-11(12-6-5-8-23-12)9-24-14(13)18-17(19)25-10(2)16(21)22-3/h4-6,8-10H,1,7H2,2-3H3. The van der Waals surface area contributed by atoms with Gasteiger partial charge in [0.2, 0.25) is 0 Å². The number of allylic oxidation sites excluding steroid dienone is 1. The van der Waals surface area contributed by atoms with Crippen LogP contribution in [0.3, 0.4) is 0 Å². The van der Waals surface area contributed by atoms with E-state index in [0.29, 0.717) is 21.9 Å². The number of fused-ring (bicyclic) bond motifs is 1. The summed E-state index contributed by atoms with van der Waals surface area (Å²) in [5.41, 5.74) is 0.789. The Labute approximate surface area is 157 Å². The van der Waals surface area contributed by atoms with Gasteiger partial charge in [-0.1, -0.05) is 23.9 Å². The van der Waals surface area contributed by atoms with Crippen LogP contribution in [-0.4, -0.2) is 27.9 Å². The number of methoxy groups -OCH3 is 1. The zero-order chi connectivity index (χ0) is 18.0. The fraction of sp³-hybridized carbons (Fsp3) is 0.235. The van der Waals surface area contributed by atoms with Gasteiger partial charge in [0, 0.05) is 22.4 Å². The van der Waals surface area contributed by atoms with Crippen LogP contribution < -0.4 is 5.56 Å². The van der Waals surface area contributed by atoms with Crippen molar-refractivity contribution in [2.75, 3.05) is 7.11 Å². The molecule has 3 heterocycles. The van der Waals surface area contributed by atoms with Gasteiger partial charge in [0.1, 0.15) is 10.1 Å². The van der Waals surface area contributed by atoms with Crippen molar-refractivity contribution in [3.63, 3.8) is 0 Å². The van der Waals surface area contributed by atoms with E-state index >= 15 is 0 Å². The molecule has 5 nitrogen and oxygen atoms in total. The van der Waals surface area contributed by atoms with Crippen molar-refractivity contribution in [1.82, 2.24) is 9.55 Å². The molecule has 130 valence electrons. The molecule has 0 spiro atoms. The maximum absolute atomic E-state index is 13.1. The van der Waals surface area contributed by atoms with Gasteiger partial charge in [-0.05, 0) is 18.4 Å². The Kier molecular flexibility index (Phi) is 5.41. The number of thiophene rings is 2. The first-order valence-electron chi connectivity index (χ1n) is 7.48. The lowest BCUT2D eigenvalue weighted by Gasteiger charge is -2.13. The summed E-state index contributed by atoms with van der Waals surface area (Å²) in [7, 11) is 1.35. The summed E-state index contributed by atoms with van der Waals surface area (Å²) in [6.45, 7) is 5.79. The number of hydrogen-bond donors (Lipinski definition) is 0. The van der Waals surface area contributed by atoms with E-state index in [1.807, 2.05) is 22.9 Å². The van der Waals surface area contributed by atoms with Gasteiger partial charge in [-0.15, -0.1) is 29.3 Å². The van der Waals surface area contributed by atoms with Crippen molar-refractivity contribution in [3.05, 3.63) is 45.9 Å². The number of aromatic nitrogens is 2. The predicted octanol–water partition coefficient (Wildman–Crippen LogP) is 4.03. The van der Waals surface area contributed by atoms with E-state index in [2.05, 4.69) is 11.6 Å². The first kappa shape index (κ1) is 17.9. The summed E-state index contributed by atoms with van der Waals surface area (Å²) in [6, 6.07) is 3.95. The molecule has 25 heavy (non-hydrogen) atoms. The summed E-state index contributed by atoms with van der Waals surface area (Å²) in [5.74, 6) is -0.352. The molecule has 0 aliphatic heterocycles. The van der Waals surface area contributed by atoms with Crippen molar-refractivity contribution in [1.29, 1.82) is 0 Å². The minimum Gasteiger partial charge on any atom is -0.468 e. The summed E-state index contributed by atoms with van der Waals surface area (Å²) in [5, 5.41) is 4.60. The molecule has 1 unspecified atom stereocenters. The minimum absolute atomic E-state index is 0.117. The average Bonchev–Trinajstić information content (AvgIpc) is 3.26. The lowest BCUT2D eigenvalue weighted by Crippen LogP contribution is -2.24. The molecule has 0 N–H and O–H groups in total. The van der Waals surface area contributed by atoms with E-state index in [-0.39, 0.29) is 11.5 Å². The second kappa shape index (κ2) is 7.55. The van der Waals surface area contributed by atoms with Crippen LogP contribution in [0.1, 0.15) is 6.92 Å². The van der Waals surface area contributed by atoms with E-state index in [4.69, 9.17) is 4.74 Å². The normalized spacial score (nSPS) is 12.2. The monoisotopic (exact) mass is 392 g/mol. The second-order valence-corrected chi connectivity index (χ2v) is 8.30. The van der Waals surface area contributed by atoms with Gasteiger partial charge in [-0.3, -0.25) is 14.2 Å². The molecule has 1 atom stereocenters. The quantitative estimate of drug-likeness (QED) is 0.274. The molecular weight excluding hydrogens is 376 g/mol. The van der Waals surface area contributed by atoms with E-state index in [1.165, 1.54) is 30.2 Å². The van der Waals surface area contributed by atoms with Gasteiger partial charge in [0.15, 0.2) is 5.16 Å². The molecule has 8 heteroatoms. The van der Waals surface area contributed by atoms with E-state index in [0.717, 1.165) is 10.4 Å². The molecular formula is C17H16N2O3S3. The smallest absolute Gasteiger partial charge is 0.318 e. The molecule has 0 aliphatic carbocycles. The van der Waals surface area contributed by atoms with Crippen LogP contribution in [0.15, 0.2) is 45.5 Å². The van der Waals surface area contributed by atoms with Crippen molar-refractivity contribution < 1.29 is 9.53 Å². The largest absolute Gasteiger partial charge is 0.468 e. The van der Waals surface area contributed by atoms with Gasteiger partial charge in [0.05, 0.1) is 12.5 Å². The maximum atomic E-state index is 13.1. The number of hydrogen-bond acceptors (Lipinski definition) is 7. The van der Waals surface area contributed by atoms with Crippen LogP contribution in [0.5, 0.6) is 0 Å². The van der Waals surface area contributed by atoms with E-state index in [9.17, 15) is 9.59 Å². The molecule has 3 rings (SSSR count). The predicted molar refractivity (Wildman–Crippen MR) is 105 cm³/mol. The van der Waals surface area contributed by atoms with Crippen LogP contribution in [0, 0.1) is 0 Å². The fourth-order valence-corrected chi connectivity index (χ4v) is 5.12. The highest BCUT2D eigenvalue weighted by atomic mass is 32.2. The molecule has 0 bridgehead atoms. The van der Waals surface area contributed by atoms with Crippen LogP contribution in [-0.2, 0) is 16.1 Å². The third-order valence-corrected chi connectivity index (χ3v) is 6.42. The lowest BCUT2D eigenvalue weighted by atomic mass is 10.2. The Morgan fingerprint density at radius 3 is 2.96 bits per heavy atom. The van der Waals surface area contributed by atoms with Gasteiger partial charge >= 0.3 is 5.97 Å². The molecule has 3 aromatic rings. The first-order chi connectivity index (χ1) is 12.1. The topological polar surface area (TPSA) is 61.2 Å². The SMILES string of the molecule is C=CCn1c(SC(C)C(=O)OC)nc2scc(-c3cccs3)c2c1=O. The maximum Gasteiger partial charge on any atom is 0.318 e. The van der Waals surface area contributed by atoms with Gasteiger partial charge in [-0.25, -0.2) is 4.98 Å². The number of ether oxygens (including phenoxy) is 1. The van der Waals surface area contributed by atoms with E-state index in [1.54, 1.807) is 28.9 Å². The molecule has 3 aromatic heterocycles. The highest BCUT2D eigenvalue weighted by molar-refractivity contribution is 8.00. The first-order valence-corrected chi connectivity index (χ1v) is 10.1. The van der Waals surface area contributed by atoms with Crippen LogP contribution >= 0.6 is 34.4 Å². The Morgan fingerprint density at radius 2 is 2.32 bits per heavy atom. The number of rotatable bonds is 6. The number of nitrogens with zero attached hydrogens (tertiary/aromatic N) is 2. The Bertz CT molecular complexity index is 973. The zero-order valence-corrected chi connectivity index (χ0v) is 16.2. The molecule has 0 fully saturated rings. The van der Waals surface area contributed by atoms with Gasteiger partial charge < -0.3 is 4.74 Å². The van der Waals surface area contributed by atoms with Crippen LogP contribution in [0.4, 0.5) is 0 Å². The summed E-state index contributed by atoms with van der Waals surface area (Å²) < 4.78 is 6.32. The van der Waals surface area contributed by atoms with E-state index < -0.39 is 5.25 Å². The Morgan fingerprint density at radius 1 is 1.52 bits per heavy atom. The Hall–Kier alpha value is -1.90.